The van der Waals surface area contributed by atoms with E-state index in [-0.39, 0.29) is 6.29 Å². The summed E-state index contributed by atoms with van der Waals surface area (Å²) in [6.07, 6.45) is 4.82. The molecule has 70 valence electrons. The van der Waals surface area contributed by atoms with Crippen molar-refractivity contribution in [2.75, 3.05) is 13.2 Å². The Balaban J connectivity index is 1.69. The molecule has 0 amide bonds. The number of hydrogen-bond donors (Lipinski definition) is 1. The van der Waals surface area contributed by atoms with Crippen molar-refractivity contribution in [1.82, 2.24) is 0 Å². The minimum Gasteiger partial charge on any atom is -0.350 e. The molecule has 2 fully saturated rings. The molecule has 12 heavy (non-hydrogen) atoms. The van der Waals surface area contributed by atoms with Crippen LogP contribution in [0.2, 0.25) is 0 Å². The smallest absolute Gasteiger partial charge is 0.159 e. The predicted octanol–water partition coefficient (Wildman–Crippen LogP) is 0.877. The van der Waals surface area contributed by atoms with Gasteiger partial charge in [-0.25, -0.2) is 0 Å². The maximum atomic E-state index is 6.00. The summed E-state index contributed by atoms with van der Waals surface area (Å²) < 4.78 is 10.7. The Hall–Kier alpha value is -0.120. The van der Waals surface area contributed by atoms with Crippen LogP contribution in [0.15, 0.2) is 0 Å². The summed E-state index contributed by atoms with van der Waals surface area (Å²) in [6, 6.07) is 0.293. The van der Waals surface area contributed by atoms with Gasteiger partial charge in [0.1, 0.15) is 0 Å². The van der Waals surface area contributed by atoms with Crippen LogP contribution >= 0.6 is 0 Å². The highest BCUT2D eigenvalue weighted by Crippen LogP contribution is 2.31. The third-order valence-corrected chi connectivity index (χ3v) is 2.91. The van der Waals surface area contributed by atoms with Gasteiger partial charge in [0.05, 0.1) is 13.2 Å². The largest absolute Gasteiger partial charge is 0.350 e. The second kappa shape index (κ2) is 3.73. The summed E-state index contributed by atoms with van der Waals surface area (Å²) in [6.45, 7) is 1.48. The second-order valence-corrected chi connectivity index (χ2v) is 3.76. The van der Waals surface area contributed by atoms with E-state index in [0.29, 0.717) is 6.04 Å². The maximum Gasteiger partial charge on any atom is 0.159 e. The Labute approximate surface area is 73.2 Å². The van der Waals surface area contributed by atoms with Gasteiger partial charge in [0.25, 0.3) is 0 Å². The van der Waals surface area contributed by atoms with Gasteiger partial charge in [0.15, 0.2) is 6.29 Å². The van der Waals surface area contributed by atoms with Gasteiger partial charge < -0.3 is 15.2 Å². The van der Waals surface area contributed by atoms with Crippen molar-refractivity contribution >= 4 is 0 Å². The van der Waals surface area contributed by atoms with Crippen LogP contribution in [0.3, 0.4) is 0 Å². The molecule has 1 saturated heterocycles. The average molecular weight is 171 g/mol. The molecule has 1 unspecified atom stereocenters. The van der Waals surface area contributed by atoms with Crippen molar-refractivity contribution in [3.63, 3.8) is 0 Å². The van der Waals surface area contributed by atoms with E-state index in [1.807, 2.05) is 0 Å². The lowest BCUT2D eigenvalue weighted by molar-refractivity contribution is -0.0560. The zero-order chi connectivity index (χ0) is 8.39. The van der Waals surface area contributed by atoms with E-state index in [1.165, 1.54) is 19.3 Å². The maximum absolute atomic E-state index is 6.00. The Morgan fingerprint density at radius 3 is 2.42 bits per heavy atom. The average Bonchev–Trinajstić information content (AvgIpc) is 2.34. The molecule has 2 N–H and O–H groups in total. The van der Waals surface area contributed by atoms with E-state index in [2.05, 4.69) is 0 Å². The first-order valence-electron chi connectivity index (χ1n) is 4.85. The summed E-state index contributed by atoms with van der Waals surface area (Å²) >= 11 is 0. The van der Waals surface area contributed by atoms with Crippen LogP contribution in [-0.4, -0.2) is 25.5 Å². The molecule has 1 aliphatic heterocycles. The van der Waals surface area contributed by atoms with Gasteiger partial charge in [-0.05, 0) is 18.8 Å². The zero-order valence-electron chi connectivity index (χ0n) is 7.37. The van der Waals surface area contributed by atoms with Crippen LogP contribution in [0.4, 0.5) is 0 Å². The molecule has 0 aromatic heterocycles. The van der Waals surface area contributed by atoms with E-state index >= 15 is 0 Å². The third kappa shape index (κ3) is 1.79. The molecule has 0 spiro atoms. The molecule has 1 aliphatic carbocycles. The summed E-state index contributed by atoms with van der Waals surface area (Å²) in [7, 11) is 0. The summed E-state index contributed by atoms with van der Waals surface area (Å²) in [4.78, 5) is 0. The molecule has 2 aliphatic rings. The lowest BCUT2D eigenvalue weighted by Gasteiger charge is -2.32. The van der Waals surface area contributed by atoms with Crippen molar-refractivity contribution < 1.29 is 9.47 Å². The Morgan fingerprint density at radius 2 is 1.92 bits per heavy atom. The SMILES string of the molecule is NC(CC1OCCO1)C1CCC1. The molecule has 0 aromatic carbocycles. The minimum atomic E-state index is -0.0133. The van der Waals surface area contributed by atoms with E-state index in [4.69, 9.17) is 15.2 Å². The molecule has 1 heterocycles. The van der Waals surface area contributed by atoms with Crippen molar-refractivity contribution in [3.05, 3.63) is 0 Å². The van der Waals surface area contributed by atoms with Crippen molar-refractivity contribution in [2.24, 2.45) is 11.7 Å². The van der Waals surface area contributed by atoms with Crippen LogP contribution in [-0.2, 0) is 9.47 Å². The van der Waals surface area contributed by atoms with E-state index < -0.39 is 0 Å². The fourth-order valence-electron chi connectivity index (χ4n) is 1.83. The van der Waals surface area contributed by atoms with E-state index in [0.717, 1.165) is 25.6 Å². The van der Waals surface area contributed by atoms with E-state index in [9.17, 15) is 0 Å². The predicted molar refractivity (Wildman–Crippen MR) is 45.6 cm³/mol. The number of nitrogens with two attached hydrogens (primary N) is 1. The fourth-order valence-corrected chi connectivity index (χ4v) is 1.83. The van der Waals surface area contributed by atoms with Crippen LogP contribution in [0.1, 0.15) is 25.7 Å². The lowest BCUT2D eigenvalue weighted by atomic mass is 9.79. The van der Waals surface area contributed by atoms with Crippen molar-refractivity contribution in [2.45, 2.75) is 38.0 Å². The molecule has 3 heteroatoms. The molecular formula is C9H17NO2. The highest BCUT2D eigenvalue weighted by Gasteiger charge is 2.28. The van der Waals surface area contributed by atoms with E-state index in [1.54, 1.807) is 0 Å². The highest BCUT2D eigenvalue weighted by atomic mass is 16.7. The van der Waals surface area contributed by atoms with Gasteiger partial charge in [-0.15, -0.1) is 0 Å². The molecule has 2 rings (SSSR count). The molecule has 1 saturated carbocycles. The molecule has 0 aromatic rings. The molecule has 0 radical (unpaired) electrons. The van der Waals surface area contributed by atoms with Gasteiger partial charge in [-0.1, -0.05) is 6.42 Å². The Bertz CT molecular complexity index is 141. The van der Waals surface area contributed by atoms with Crippen LogP contribution in [0.5, 0.6) is 0 Å². The first-order chi connectivity index (χ1) is 5.86. The summed E-state index contributed by atoms with van der Waals surface area (Å²) in [5, 5.41) is 0. The normalized spacial score (nSPS) is 28.8. The Kier molecular flexibility index (Phi) is 2.63. The first kappa shape index (κ1) is 8.48. The minimum absolute atomic E-state index is 0.0133. The topological polar surface area (TPSA) is 44.5 Å². The first-order valence-corrected chi connectivity index (χ1v) is 4.85. The van der Waals surface area contributed by atoms with Gasteiger partial charge in [0, 0.05) is 12.5 Å². The quantitative estimate of drug-likeness (QED) is 0.685. The monoisotopic (exact) mass is 171 g/mol. The number of rotatable bonds is 3. The van der Waals surface area contributed by atoms with Crippen LogP contribution < -0.4 is 5.73 Å². The summed E-state index contributed by atoms with van der Waals surface area (Å²) in [5.41, 5.74) is 6.00. The van der Waals surface area contributed by atoms with Gasteiger partial charge in [0.2, 0.25) is 0 Å². The standard InChI is InChI=1S/C9H17NO2/c10-8(7-2-1-3-7)6-9-11-4-5-12-9/h7-9H,1-6,10H2. The fraction of sp³-hybridized carbons (Fsp3) is 1.00. The van der Waals surface area contributed by atoms with Crippen molar-refractivity contribution in [3.8, 4) is 0 Å². The number of hydrogen-bond acceptors (Lipinski definition) is 3. The van der Waals surface area contributed by atoms with Crippen LogP contribution in [0.25, 0.3) is 0 Å². The van der Waals surface area contributed by atoms with Crippen LogP contribution in [0, 0.1) is 5.92 Å². The van der Waals surface area contributed by atoms with Gasteiger partial charge >= 0.3 is 0 Å². The third-order valence-electron chi connectivity index (χ3n) is 2.91. The number of ether oxygens (including phenoxy) is 2. The summed E-state index contributed by atoms with van der Waals surface area (Å²) in [5.74, 6) is 0.734. The van der Waals surface area contributed by atoms with Crippen molar-refractivity contribution in [1.29, 1.82) is 0 Å². The zero-order valence-corrected chi connectivity index (χ0v) is 7.37. The van der Waals surface area contributed by atoms with Gasteiger partial charge in [-0.3, -0.25) is 0 Å². The molecule has 0 bridgehead atoms. The molecule has 1 atom stereocenters. The highest BCUT2D eigenvalue weighted by molar-refractivity contribution is 4.81. The molecule has 3 nitrogen and oxygen atoms in total. The van der Waals surface area contributed by atoms with Gasteiger partial charge in [-0.2, -0.15) is 0 Å². The Morgan fingerprint density at radius 1 is 1.25 bits per heavy atom. The lowest BCUT2D eigenvalue weighted by Crippen LogP contribution is -2.37. The second-order valence-electron chi connectivity index (χ2n) is 3.76. The molecular weight excluding hydrogens is 154 g/mol.